The average Bonchev–Trinajstić information content (AvgIpc) is 3.22. The van der Waals surface area contributed by atoms with Crippen LogP contribution in [-0.2, 0) is 11.2 Å². The summed E-state index contributed by atoms with van der Waals surface area (Å²) in [7, 11) is 3.01. The lowest BCUT2D eigenvalue weighted by atomic mass is 10.0. The van der Waals surface area contributed by atoms with Gasteiger partial charge in [-0.3, -0.25) is 9.78 Å². The highest BCUT2D eigenvalue weighted by atomic mass is 19.1. The predicted octanol–water partition coefficient (Wildman–Crippen LogP) is 4.50. The number of nitrogens with zero attached hydrogens (tertiary/aromatic N) is 2. The Balaban J connectivity index is 1.65. The Kier molecular flexibility index (Phi) is 7.75. The van der Waals surface area contributed by atoms with Crippen LogP contribution < -0.4 is 20.1 Å². The van der Waals surface area contributed by atoms with Gasteiger partial charge in [0.15, 0.2) is 11.6 Å². The van der Waals surface area contributed by atoms with Crippen molar-refractivity contribution in [3.05, 3.63) is 53.7 Å². The smallest absolute Gasteiger partial charge is 0.410 e. The Labute approximate surface area is 220 Å². The first-order valence-electron chi connectivity index (χ1n) is 12.2. The van der Waals surface area contributed by atoms with E-state index in [4.69, 9.17) is 14.2 Å². The van der Waals surface area contributed by atoms with Crippen LogP contribution in [0.25, 0.3) is 11.3 Å². The van der Waals surface area contributed by atoms with Crippen molar-refractivity contribution in [2.45, 2.75) is 32.8 Å². The summed E-state index contributed by atoms with van der Waals surface area (Å²) in [6.07, 6.45) is 3.32. The molecular formula is C27H32FN5O5. The zero-order chi connectivity index (χ0) is 27.4. The van der Waals surface area contributed by atoms with Crippen molar-refractivity contribution in [2.75, 3.05) is 39.2 Å². The van der Waals surface area contributed by atoms with Crippen molar-refractivity contribution in [1.29, 1.82) is 0 Å². The van der Waals surface area contributed by atoms with E-state index in [1.54, 1.807) is 58.4 Å². The first-order chi connectivity index (χ1) is 18.1. The number of anilines is 2. The number of carbonyl (C=O) groups is 2. The second-order valence-electron chi connectivity index (χ2n) is 9.80. The molecule has 0 aliphatic carbocycles. The standard InChI is InChI=1S/C27H32FN5O5/c1-27(2,3)38-26(35)33(4)13-14-37-20-15-29-11-9-16(20)22-23(21-18(31-22)10-12-30-25(21)34)32-19-8-6-7-17(28)24(19)36-5/h6-9,11,15,31-32H,10,12-14H2,1-5H3,(H,30,34). The second-order valence-corrected chi connectivity index (χ2v) is 9.80. The number of hydrogen-bond acceptors (Lipinski definition) is 7. The highest BCUT2D eigenvalue weighted by molar-refractivity contribution is 6.06. The van der Waals surface area contributed by atoms with Gasteiger partial charge in [-0.25, -0.2) is 9.18 Å². The number of benzene rings is 1. The number of aromatic amines is 1. The molecular weight excluding hydrogens is 493 g/mol. The molecule has 2 aromatic heterocycles. The number of hydrogen-bond donors (Lipinski definition) is 3. The molecule has 3 aromatic rings. The normalized spacial score (nSPS) is 12.8. The summed E-state index contributed by atoms with van der Waals surface area (Å²) < 4.78 is 31.1. The van der Waals surface area contributed by atoms with Gasteiger partial charge in [0.05, 0.1) is 42.5 Å². The van der Waals surface area contributed by atoms with Crippen LogP contribution in [0.4, 0.5) is 20.6 Å². The van der Waals surface area contributed by atoms with E-state index in [-0.39, 0.29) is 24.8 Å². The van der Waals surface area contributed by atoms with E-state index in [1.165, 1.54) is 18.1 Å². The maximum Gasteiger partial charge on any atom is 0.410 e. The Morgan fingerprint density at radius 1 is 1.26 bits per heavy atom. The molecule has 0 atom stereocenters. The Morgan fingerprint density at radius 3 is 2.79 bits per heavy atom. The van der Waals surface area contributed by atoms with Gasteiger partial charge in [-0.1, -0.05) is 6.07 Å². The Bertz CT molecular complexity index is 1330. The minimum atomic E-state index is -0.602. The first-order valence-corrected chi connectivity index (χ1v) is 12.2. The molecule has 0 spiro atoms. The molecule has 0 saturated carbocycles. The van der Waals surface area contributed by atoms with E-state index < -0.39 is 17.5 Å². The number of fused-ring (bicyclic) bond motifs is 1. The van der Waals surface area contributed by atoms with Crippen molar-refractivity contribution in [3.63, 3.8) is 0 Å². The van der Waals surface area contributed by atoms with Gasteiger partial charge < -0.3 is 34.7 Å². The van der Waals surface area contributed by atoms with Crippen molar-refractivity contribution in [2.24, 2.45) is 0 Å². The zero-order valence-corrected chi connectivity index (χ0v) is 22.1. The third-order valence-electron chi connectivity index (χ3n) is 5.84. The van der Waals surface area contributed by atoms with Crippen molar-refractivity contribution in [3.8, 4) is 22.8 Å². The van der Waals surface area contributed by atoms with Crippen LogP contribution in [0.1, 0.15) is 36.8 Å². The van der Waals surface area contributed by atoms with Gasteiger partial charge in [0, 0.05) is 37.5 Å². The molecule has 1 aliphatic rings. The zero-order valence-electron chi connectivity index (χ0n) is 22.1. The van der Waals surface area contributed by atoms with Crippen LogP contribution >= 0.6 is 0 Å². The fraction of sp³-hybridized carbons (Fsp3) is 0.370. The third kappa shape index (κ3) is 5.82. The van der Waals surface area contributed by atoms with Crippen LogP contribution in [-0.4, -0.2) is 66.3 Å². The summed E-state index contributed by atoms with van der Waals surface area (Å²) in [6, 6.07) is 6.28. The molecule has 0 unspecified atom stereocenters. The molecule has 0 saturated heterocycles. The summed E-state index contributed by atoms with van der Waals surface area (Å²) in [5.74, 6) is -0.309. The van der Waals surface area contributed by atoms with Gasteiger partial charge in [-0.2, -0.15) is 0 Å². The number of carbonyl (C=O) groups excluding carboxylic acids is 2. The SMILES string of the molecule is COc1c(F)cccc1Nc1c(-c2ccncc2OCCN(C)C(=O)OC(C)(C)C)[nH]c2c1C(=O)NCC2. The van der Waals surface area contributed by atoms with Gasteiger partial charge in [0.2, 0.25) is 0 Å². The number of H-pyrrole nitrogens is 1. The molecule has 10 nitrogen and oxygen atoms in total. The van der Waals surface area contributed by atoms with Gasteiger partial charge in [0.1, 0.15) is 18.0 Å². The van der Waals surface area contributed by atoms with E-state index in [0.717, 1.165) is 5.69 Å². The van der Waals surface area contributed by atoms with Gasteiger partial charge in [-0.15, -0.1) is 0 Å². The summed E-state index contributed by atoms with van der Waals surface area (Å²) in [5, 5.41) is 6.07. The Morgan fingerprint density at radius 2 is 2.05 bits per heavy atom. The van der Waals surface area contributed by atoms with E-state index in [1.807, 2.05) is 0 Å². The number of nitrogens with one attached hydrogen (secondary N) is 3. The minimum Gasteiger partial charge on any atom is -0.492 e. The number of likely N-dealkylation sites (N-methyl/N-ethyl adjacent to an activating group) is 1. The highest BCUT2D eigenvalue weighted by Crippen LogP contribution is 2.41. The molecule has 202 valence electrons. The molecule has 0 radical (unpaired) electrons. The third-order valence-corrected chi connectivity index (χ3v) is 5.84. The van der Waals surface area contributed by atoms with Crippen LogP contribution in [0.3, 0.4) is 0 Å². The summed E-state index contributed by atoms with van der Waals surface area (Å²) >= 11 is 0. The molecule has 0 fully saturated rings. The predicted molar refractivity (Wildman–Crippen MR) is 141 cm³/mol. The van der Waals surface area contributed by atoms with E-state index in [9.17, 15) is 14.0 Å². The summed E-state index contributed by atoms with van der Waals surface area (Å²) in [4.78, 5) is 34.1. The molecule has 38 heavy (non-hydrogen) atoms. The molecule has 1 aliphatic heterocycles. The molecule has 11 heteroatoms. The minimum absolute atomic E-state index is 0.0287. The number of pyridine rings is 1. The van der Waals surface area contributed by atoms with Gasteiger partial charge >= 0.3 is 6.09 Å². The van der Waals surface area contributed by atoms with Crippen molar-refractivity contribution >= 4 is 23.4 Å². The fourth-order valence-corrected chi connectivity index (χ4v) is 4.08. The summed E-state index contributed by atoms with van der Waals surface area (Å²) in [6.45, 7) is 6.36. The van der Waals surface area contributed by atoms with Crippen LogP contribution in [0.5, 0.6) is 11.5 Å². The molecule has 2 amide bonds. The number of amides is 2. The van der Waals surface area contributed by atoms with E-state index >= 15 is 0 Å². The van der Waals surface area contributed by atoms with Crippen LogP contribution in [0, 0.1) is 5.82 Å². The highest BCUT2D eigenvalue weighted by Gasteiger charge is 2.29. The molecule has 1 aromatic carbocycles. The lowest BCUT2D eigenvalue weighted by Gasteiger charge is -2.24. The maximum atomic E-state index is 14.4. The van der Waals surface area contributed by atoms with Crippen LogP contribution in [0.15, 0.2) is 36.7 Å². The topological polar surface area (TPSA) is 118 Å². The number of halogens is 1. The van der Waals surface area contributed by atoms with E-state index in [2.05, 4.69) is 20.6 Å². The van der Waals surface area contributed by atoms with E-state index in [0.29, 0.717) is 46.9 Å². The van der Waals surface area contributed by atoms with Crippen molar-refractivity contribution < 1.29 is 28.2 Å². The molecule has 3 N–H and O–H groups in total. The van der Waals surface area contributed by atoms with Crippen LogP contribution in [0.2, 0.25) is 0 Å². The monoisotopic (exact) mass is 525 g/mol. The first kappa shape index (κ1) is 26.8. The molecule has 4 rings (SSSR count). The molecule has 3 heterocycles. The number of rotatable bonds is 8. The number of para-hydroxylation sites is 1. The second kappa shape index (κ2) is 11.0. The maximum absolute atomic E-state index is 14.4. The fourth-order valence-electron chi connectivity index (χ4n) is 4.08. The van der Waals surface area contributed by atoms with Gasteiger partial charge in [0.25, 0.3) is 5.91 Å². The average molecular weight is 526 g/mol. The molecule has 0 bridgehead atoms. The number of ether oxygens (including phenoxy) is 3. The van der Waals surface area contributed by atoms with Crippen molar-refractivity contribution in [1.82, 2.24) is 20.2 Å². The van der Waals surface area contributed by atoms with Gasteiger partial charge in [-0.05, 0) is 39.0 Å². The Hall–Kier alpha value is -4.28. The quantitative estimate of drug-likeness (QED) is 0.396. The number of methoxy groups -OCH3 is 1. The number of aromatic nitrogens is 2. The summed E-state index contributed by atoms with van der Waals surface area (Å²) in [5.41, 5.74) is 2.62. The largest absolute Gasteiger partial charge is 0.492 e. The lowest BCUT2D eigenvalue weighted by Crippen LogP contribution is -2.36. The lowest BCUT2D eigenvalue weighted by molar-refractivity contribution is 0.0278.